The van der Waals surface area contributed by atoms with Crippen molar-refractivity contribution in [3.05, 3.63) is 0 Å². The zero-order chi connectivity index (χ0) is 10.3. The fraction of sp³-hybridized carbons (Fsp3) is 0.917. The summed E-state index contributed by atoms with van der Waals surface area (Å²) >= 11 is 0. The predicted molar refractivity (Wildman–Crippen MR) is 56.8 cm³/mol. The fourth-order valence-corrected chi connectivity index (χ4v) is 2.70. The normalized spacial score (nSPS) is 36.4. The van der Waals surface area contributed by atoms with Crippen LogP contribution in [-0.2, 0) is 4.79 Å². The highest BCUT2D eigenvalue weighted by molar-refractivity contribution is 5.79. The third-order valence-corrected chi connectivity index (χ3v) is 4.19. The van der Waals surface area contributed by atoms with Crippen molar-refractivity contribution in [3.8, 4) is 0 Å². The summed E-state index contributed by atoms with van der Waals surface area (Å²) in [6.07, 6.45) is 4.80. The number of rotatable bonds is 3. The van der Waals surface area contributed by atoms with E-state index in [9.17, 15) is 4.79 Å². The maximum Gasteiger partial charge on any atom is 0.225 e. The van der Waals surface area contributed by atoms with Crippen LogP contribution in [0.25, 0.3) is 0 Å². The zero-order valence-corrected chi connectivity index (χ0v) is 9.49. The predicted octanol–water partition coefficient (Wildman–Crippen LogP) is 2.29. The molecule has 2 heteroatoms. The van der Waals surface area contributed by atoms with Crippen LogP contribution >= 0.6 is 0 Å². The molecule has 2 nitrogen and oxygen atoms in total. The Labute approximate surface area is 86.7 Å². The zero-order valence-electron chi connectivity index (χ0n) is 9.49. The number of hydrogen-bond donors (Lipinski definition) is 0. The highest BCUT2D eigenvalue weighted by Gasteiger charge is 2.48. The van der Waals surface area contributed by atoms with Crippen LogP contribution in [0.15, 0.2) is 0 Å². The molecule has 3 unspecified atom stereocenters. The molecule has 2 aliphatic rings. The van der Waals surface area contributed by atoms with Gasteiger partial charge in [-0.25, -0.2) is 0 Å². The van der Waals surface area contributed by atoms with Gasteiger partial charge in [0.25, 0.3) is 0 Å². The summed E-state index contributed by atoms with van der Waals surface area (Å²) in [7, 11) is 1.96. The van der Waals surface area contributed by atoms with E-state index in [4.69, 9.17) is 0 Å². The summed E-state index contributed by atoms with van der Waals surface area (Å²) in [4.78, 5) is 14.0. The highest BCUT2D eigenvalue weighted by atomic mass is 16.2. The van der Waals surface area contributed by atoms with Gasteiger partial charge in [0.15, 0.2) is 0 Å². The van der Waals surface area contributed by atoms with Crippen LogP contribution in [0.4, 0.5) is 0 Å². The minimum absolute atomic E-state index is 0.359. The fourth-order valence-electron chi connectivity index (χ4n) is 2.70. The lowest BCUT2D eigenvalue weighted by atomic mass is 10.0. The summed E-state index contributed by atoms with van der Waals surface area (Å²) < 4.78 is 0. The summed E-state index contributed by atoms with van der Waals surface area (Å²) in [6, 6.07) is 0.402. The van der Waals surface area contributed by atoms with E-state index >= 15 is 0 Å². The van der Waals surface area contributed by atoms with Crippen LogP contribution in [0.5, 0.6) is 0 Å². The van der Waals surface area contributed by atoms with Crippen molar-refractivity contribution in [2.24, 2.45) is 17.8 Å². The van der Waals surface area contributed by atoms with E-state index in [1.165, 1.54) is 19.3 Å². The second kappa shape index (κ2) is 3.56. The molecule has 3 atom stereocenters. The second-order valence-electron chi connectivity index (χ2n) is 5.13. The Balaban J connectivity index is 1.88. The summed E-state index contributed by atoms with van der Waals surface area (Å²) in [5, 5.41) is 0. The molecule has 80 valence electrons. The molecule has 1 amide bonds. The molecule has 2 rings (SSSR count). The van der Waals surface area contributed by atoms with Gasteiger partial charge in [-0.3, -0.25) is 4.79 Å². The van der Waals surface area contributed by atoms with E-state index in [2.05, 4.69) is 13.8 Å². The minimum Gasteiger partial charge on any atom is -0.343 e. The van der Waals surface area contributed by atoms with Crippen molar-refractivity contribution in [3.63, 3.8) is 0 Å². The number of amides is 1. The first-order valence-electron chi connectivity index (χ1n) is 5.90. The number of carbonyl (C=O) groups excluding carboxylic acids is 1. The monoisotopic (exact) mass is 195 g/mol. The number of hydrogen-bond acceptors (Lipinski definition) is 1. The maximum atomic E-state index is 12.0. The van der Waals surface area contributed by atoms with Gasteiger partial charge in [0, 0.05) is 19.0 Å². The van der Waals surface area contributed by atoms with Crippen molar-refractivity contribution < 1.29 is 4.79 Å². The van der Waals surface area contributed by atoms with Gasteiger partial charge >= 0.3 is 0 Å². The van der Waals surface area contributed by atoms with Crippen molar-refractivity contribution in [2.45, 2.75) is 45.6 Å². The van der Waals surface area contributed by atoms with Gasteiger partial charge in [0.1, 0.15) is 0 Å². The Bertz CT molecular complexity index is 224. The Kier molecular flexibility index (Phi) is 2.54. The Morgan fingerprint density at radius 3 is 2.43 bits per heavy atom. The molecule has 14 heavy (non-hydrogen) atoms. The summed E-state index contributed by atoms with van der Waals surface area (Å²) in [6.45, 7) is 4.27. The molecular formula is C12H21NO. The second-order valence-corrected chi connectivity index (χ2v) is 5.13. The average molecular weight is 195 g/mol. The van der Waals surface area contributed by atoms with Crippen LogP contribution in [0.2, 0.25) is 0 Å². The van der Waals surface area contributed by atoms with Crippen molar-refractivity contribution in [2.75, 3.05) is 7.05 Å². The topological polar surface area (TPSA) is 20.3 Å². The molecule has 0 aromatic carbocycles. The van der Waals surface area contributed by atoms with Crippen LogP contribution in [0.1, 0.15) is 39.5 Å². The first-order valence-corrected chi connectivity index (χ1v) is 5.90. The van der Waals surface area contributed by atoms with Gasteiger partial charge in [0.05, 0.1) is 0 Å². The molecule has 0 saturated heterocycles. The summed E-state index contributed by atoms with van der Waals surface area (Å²) in [5.41, 5.74) is 0. The van der Waals surface area contributed by atoms with Gasteiger partial charge in [0.2, 0.25) is 5.91 Å². The van der Waals surface area contributed by atoms with Crippen LogP contribution in [-0.4, -0.2) is 23.9 Å². The third kappa shape index (κ3) is 1.67. The van der Waals surface area contributed by atoms with Crippen molar-refractivity contribution in [1.29, 1.82) is 0 Å². The highest BCUT2D eigenvalue weighted by Crippen LogP contribution is 2.54. The molecule has 2 aliphatic carbocycles. The first-order chi connectivity index (χ1) is 6.63. The number of fused-ring (bicyclic) bond motifs is 1. The van der Waals surface area contributed by atoms with Gasteiger partial charge < -0.3 is 4.90 Å². The number of carbonyl (C=O) groups is 1. The van der Waals surface area contributed by atoms with E-state index < -0.39 is 0 Å². The standard InChI is InChI=1S/C12H21NO/c1-4-8(2)13(3)12(14)11-6-9-5-10(9)7-11/h8-11H,4-7H2,1-3H3. The molecule has 0 heterocycles. The maximum absolute atomic E-state index is 12.0. The molecule has 0 aliphatic heterocycles. The Hall–Kier alpha value is -0.530. The third-order valence-electron chi connectivity index (χ3n) is 4.19. The average Bonchev–Trinajstić information content (AvgIpc) is 2.82. The van der Waals surface area contributed by atoms with Gasteiger partial charge in [-0.05, 0) is 44.4 Å². The van der Waals surface area contributed by atoms with Crippen LogP contribution < -0.4 is 0 Å². The molecular weight excluding hydrogens is 174 g/mol. The lowest BCUT2D eigenvalue weighted by molar-refractivity contribution is -0.136. The number of nitrogens with zero attached hydrogens (tertiary/aromatic N) is 1. The van der Waals surface area contributed by atoms with Gasteiger partial charge in [-0.1, -0.05) is 6.92 Å². The van der Waals surface area contributed by atoms with E-state index in [0.717, 1.165) is 18.3 Å². The van der Waals surface area contributed by atoms with E-state index in [1.807, 2.05) is 11.9 Å². The van der Waals surface area contributed by atoms with Gasteiger partial charge in [-0.15, -0.1) is 0 Å². The molecule has 0 aromatic rings. The van der Waals surface area contributed by atoms with Gasteiger partial charge in [-0.2, -0.15) is 0 Å². The molecule has 0 bridgehead atoms. The lowest BCUT2D eigenvalue weighted by Gasteiger charge is -2.27. The smallest absolute Gasteiger partial charge is 0.225 e. The van der Waals surface area contributed by atoms with E-state index in [0.29, 0.717) is 17.9 Å². The molecule has 2 fully saturated rings. The van der Waals surface area contributed by atoms with E-state index in [1.54, 1.807) is 0 Å². The Morgan fingerprint density at radius 1 is 1.36 bits per heavy atom. The Morgan fingerprint density at radius 2 is 1.93 bits per heavy atom. The minimum atomic E-state index is 0.359. The molecule has 0 N–H and O–H groups in total. The molecule has 0 radical (unpaired) electrons. The molecule has 2 saturated carbocycles. The summed E-state index contributed by atoms with van der Waals surface area (Å²) in [5.74, 6) is 2.58. The molecule has 0 aromatic heterocycles. The first kappa shape index (κ1) is 10.0. The van der Waals surface area contributed by atoms with E-state index in [-0.39, 0.29) is 0 Å². The largest absolute Gasteiger partial charge is 0.343 e. The molecule has 0 spiro atoms. The van der Waals surface area contributed by atoms with Crippen molar-refractivity contribution >= 4 is 5.91 Å². The van der Waals surface area contributed by atoms with Crippen LogP contribution in [0, 0.1) is 17.8 Å². The quantitative estimate of drug-likeness (QED) is 0.676. The lowest BCUT2D eigenvalue weighted by Crippen LogP contribution is -2.38. The SMILES string of the molecule is CCC(C)N(C)C(=O)C1CC2CC2C1. The van der Waals surface area contributed by atoms with Crippen molar-refractivity contribution in [1.82, 2.24) is 4.90 Å². The van der Waals surface area contributed by atoms with Crippen LogP contribution in [0.3, 0.4) is 0 Å².